The van der Waals surface area contributed by atoms with Crippen molar-refractivity contribution in [2.24, 2.45) is 0 Å². The topological polar surface area (TPSA) is 88.5 Å². The maximum absolute atomic E-state index is 14.9. The van der Waals surface area contributed by atoms with Crippen molar-refractivity contribution >= 4 is 15.7 Å². The number of rotatable bonds is 3. The molecule has 31 heavy (non-hydrogen) atoms. The van der Waals surface area contributed by atoms with Crippen molar-refractivity contribution in [1.29, 1.82) is 5.41 Å². The highest BCUT2D eigenvalue weighted by Gasteiger charge is 2.47. The molecule has 0 unspecified atom stereocenters. The van der Waals surface area contributed by atoms with Crippen LogP contribution in [0.4, 0.5) is 8.78 Å². The Morgan fingerprint density at radius 2 is 1.84 bits per heavy atom. The first kappa shape index (κ1) is 23.1. The fourth-order valence-electron chi connectivity index (χ4n) is 3.58. The van der Waals surface area contributed by atoms with E-state index in [9.17, 15) is 17.2 Å². The van der Waals surface area contributed by atoms with E-state index in [-0.39, 0.29) is 31.0 Å². The first-order valence-electron chi connectivity index (χ1n) is 9.84. The third kappa shape index (κ3) is 4.57. The van der Waals surface area contributed by atoms with Gasteiger partial charge in [0.2, 0.25) is 0 Å². The molecule has 2 N–H and O–H groups in total. The number of sulfone groups is 1. The summed E-state index contributed by atoms with van der Waals surface area (Å²) in [6.07, 6.45) is -0.828. The highest BCUT2D eigenvalue weighted by Crippen LogP contribution is 2.42. The minimum atomic E-state index is -4.14. The van der Waals surface area contributed by atoms with E-state index in [1.807, 2.05) is 0 Å². The Hall–Kier alpha value is -2.52. The molecule has 0 radical (unpaired) electrons. The Labute approximate surface area is 181 Å². The van der Waals surface area contributed by atoms with Gasteiger partial charge in [-0.25, -0.2) is 17.2 Å². The van der Waals surface area contributed by atoms with Crippen molar-refractivity contribution in [3.05, 3.63) is 65.2 Å². The van der Waals surface area contributed by atoms with Gasteiger partial charge >= 0.3 is 0 Å². The number of halogens is 2. The summed E-state index contributed by atoms with van der Waals surface area (Å²) < 4.78 is 65.3. The van der Waals surface area contributed by atoms with Gasteiger partial charge in [0.05, 0.1) is 25.1 Å². The third-order valence-electron chi connectivity index (χ3n) is 5.63. The monoisotopic (exact) mass is 452 g/mol. The second-order valence-electron chi connectivity index (χ2n) is 7.88. The molecule has 2 atom stereocenters. The van der Waals surface area contributed by atoms with Gasteiger partial charge in [-0.15, -0.1) is 0 Å². The first-order chi connectivity index (χ1) is 14.6. The van der Waals surface area contributed by atoms with Gasteiger partial charge in [-0.2, -0.15) is 0 Å². The second-order valence-corrected chi connectivity index (χ2v) is 10.6. The van der Waals surface area contributed by atoms with Gasteiger partial charge in [0.25, 0.3) is 0 Å². The van der Waals surface area contributed by atoms with E-state index in [0.29, 0.717) is 11.3 Å². The lowest BCUT2D eigenvalue weighted by molar-refractivity contribution is 0.0487. The zero-order chi connectivity index (χ0) is 22.8. The van der Waals surface area contributed by atoms with Gasteiger partial charge in [-0.1, -0.05) is 12.1 Å². The molecule has 1 heterocycles. The van der Waals surface area contributed by atoms with E-state index in [2.05, 4.69) is 5.32 Å². The lowest BCUT2D eigenvalue weighted by atomic mass is 10.00. The van der Waals surface area contributed by atoms with E-state index < -0.39 is 37.6 Å². The Bertz CT molecular complexity index is 1060. The average molecular weight is 453 g/mol. The standard InChI is InChI=1S/C22H26F2N2O4S/c1-22(2)21(25)26-10-11-30-19(14-4-6-15(23)7-5-14)13-20(31(22,27)28)17-12-16(29-3)8-9-18(17)24/h4-9,12,19-20H,10-11,13H2,1-3H3,(H2,25,26)/t19-,20-/m1/s1. The number of benzene rings is 2. The summed E-state index contributed by atoms with van der Waals surface area (Å²) in [5, 5.41) is 9.73. The molecular weight excluding hydrogens is 426 g/mol. The Kier molecular flexibility index (Phi) is 6.66. The maximum Gasteiger partial charge on any atom is 0.169 e. The molecule has 6 nitrogen and oxygen atoms in total. The lowest BCUT2D eigenvalue weighted by Gasteiger charge is -2.34. The summed E-state index contributed by atoms with van der Waals surface area (Å²) >= 11 is 0. The van der Waals surface area contributed by atoms with Gasteiger partial charge in [-0.05, 0) is 56.2 Å². The van der Waals surface area contributed by atoms with E-state index in [1.165, 1.54) is 57.4 Å². The Morgan fingerprint density at radius 1 is 1.16 bits per heavy atom. The predicted octanol–water partition coefficient (Wildman–Crippen LogP) is 3.94. The maximum atomic E-state index is 14.9. The van der Waals surface area contributed by atoms with E-state index in [0.717, 1.165) is 6.07 Å². The molecule has 1 saturated heterocycles. The van der Waals surface area contributed by atoms with Crippen molar-refractivity contribution in [3.63, 3.8) is 0 Å². The number of hydrogen-bond acceptors (Lipinski definition) is 5. The van der Waals surface area contributed by atoms with Crippen LogP contribution >= 0.6 is 0 Å². The molecular formula is C22H26F2N2O4S. The summed E-state index contributed by atoms with van der Waals surface area (Å²) in [5.74, 6) is -0.999. The van der Waals surface area contributed by atoms with Crippen LogP contribution in [-0.4, -0.2) is 39.3 Å². The number of ether oxygens (including phenoxy) is 2. The summed E-state index contributed by atoms with van der Waals surface area (Å²) in [6, 6.07) is 9.52. The molecule has 2 aromatic carbocycles. The zero-order valence-electron chi connectivity index (χ0n) is 17.6. The minimum absolute atomic E-state index is 0.0588. The van der Waals surface area contributed by atoms with E-state index in [4.69, 9.17) is 14.9 Å². The Balaban J connectivity index is 2.17. The number of amidine groups is 1. The predicted molar refractivity (Wildman–Crippen MR) is 114 cm³/mol. The van der Waals surface area contributed by atoms with Crippen LogP contribution in [0.2, 0.25) is 0 Å². The van der Waals surface area contributed by atoms with Crippen LogP contribution in [0.15, 0.2) is 42.5 Å². The largest absolute Gasteiger partial charge is 0.497 e. The van der Waals surface area contributed by atoms with Gasteiger partial charge in [-0.3, -0.25) is 5.41 Å². The lowest BCUT2D eigenvalue weighted by Crippen LogP contribution is -2.50. The Morgan fingerprint density at radius 3 is 2.48 bits per heavy atom. The van der Waals surface area contributed by atoms with Gasteiger partial charge in [0, 0.05) is 12.1 Å². The smallest absolute Gasteiger partial charge is 0.169 e. The highest BCUT2D eigenvalue weighted by molar-refractivity contribution is 7.93. The van der Waals surface area contributed by atoms with Crippen molar-refractivity contribution in [3.8, 4) is 5.75 Å². The molecule has 1 aliphatic rings. The molecule has 1 aliphatic heterocycles. The van der Waals surface area contributed by atoms with Crippen LogP contribution < -0.4 is 10.1 Å². The van der Waals surface area contributed by atoms with Gasteiger partial charge in [0.1, 0.15) is 28.0 Å². The molecule has 9 heteroatoms. The number of methoxy groups -OCH3 is 1. The first-order valence-corrected chi connectivity index (χ1v) is 11.4. The van der Waals surface area contributed by atoms with Crippen LogP contribution in [0.25, 0.3) is 0 Å². The van der Waals surface area contributed by atoms with Crippen LogP contribution in [0, 0.1) is 17.0 Å². The summed E-state index contributed by atoms with van der Waals surface area (Å²) in [6.45, 7) is 3.28. The average Bonchev–Trinajstić information content (AvgIpc) is 2.73. The van der Waals surface area contributed by atoms with Crippen molar-refractivity contribution in [1.82, 2.24) is 5.32 Å². The molecule has 0 aliphatic carbocycles. The molecule has 3 rings (SSSR count). The van der Waals surface area contributed by atoms with Crippen molar-refractivity contribution in [2.45, 2.75) is 36.4 Å². The van der Waals surface area contributed by atoms with E-state index in [1.54, 1.807) is 0 Å². The molecule has 0 aromatic heterocycles. The van der Waals surface area contributed by atoms with E-state index >= 15 is 0 Å². The summed E-state index contributed by atoms with van der Waals surface area (Å²) in [5.41, 5.74) is 0.523. The quantitative estimate of drug-likeness (QED) is 0.737. The molecule has 168 valence electrons. The number of nitrogens with one attached hydrogen (secondary N) is 2. The zero-order valence-corrected chi connectivity index (χ0v) is 18.4. The van der Waals surface area contributed by atoms with Gasteiger partial charge in [0.15, 0.2) is 9.84 Å². The van der Waals surface area contributed by atoms with Crippen molar-refractivity contribution < 1.29 is 26.7 Å². The highest BCUT2D eigenvalue weighted by atomic mass is 32.2. The molecule has 2 aromatic rings. The number of hydrogen-bond donors (Lipinski definition) is 2. The molecule has 0 amide bonds. The molecule has 0 saturated carbocycles. The fraction of sp³-hybridized carbons (Fsp3) is 0.409. The van der Waals surface area contributed by atoms with Gasteiger partial charge < -0.3 is 14.8 Å². The molecule has 0 spiro atoms. The van der Waals surface area contributed by atoms with Crippen LogP contribution in [0.1, 0.15) is 42.7 Å². The normalized spacial score (nSPS) is 23.6. The van der Waals surface area contributed by atoms with Crippen LogP contribution in [0.3, 0.4) is 0 Å². The van der Waals surface area contributed by atoms with Crippen molar-refractivity contribution in [2.75, 3.05) is 20.3 Å². The fourth-order valence-corrected chi connectivity index (χ4v) is 5.59. The molecule has 0 bridgehead atoms. The second kappa shape index (κ2) is 8.92. The third-order valence-corrected chi connectivity index (χ3v) is 8.45. The summed E-state index contributed by atoms with van der Waals surface area (Å²) in [7, 11) is -2.73. The minimum Gasteiger partial charge on any atom is -0.497 e. The van der Waals surface area contributed by atoms with Crippen LogP contribution in [-0.2, 0) is 14.6 Å². The SMILES string of the molecule is COc1ccc(F)c([C@H]2C[C@H](c3ccc(F)cc3)OCCNC(=N)C(C)(C)S2(=O)=O)c1. The van der Waals surface area contributed by atoms with Crippen LogP contribution in [0.5, 0.6) is 5.75 Å². The molecule has 1 fully saturated rings. The summed E-state index contributed by atoms with van der Waals surface area (Å²) in [4.78, 5) is 0.